The summed E-state index contributed by atoms with van der Waals surface area (Å²) in [6, 6.07) is 0. The molecule has 0 aromatic heterocycles. The van der Waals surface area contributed by atoms with Crippen molar-refractivity contribution in [3.8, 4) is 0 Å². The van der Waals surface area contributed by atoms with Crippen LogP contribution in [0.15, 0.2) is 0 Å². The Balaban J connectivity index is 1.90. The van der Waals surface area contributed by atoms with Crippen LogP contribution in [0.3, 0.4) is 0 Å². The predicted octanol–water partition coefficient (Wildman–Crippen LogP) is 1.51. The molecular formula is C12H25NO2. The normalized spacial score (nSPS) is 17.4. The van der Waals surface area contributed by atoms with Crippen molar-refractivity contribution in [2.75, 3.05) is 33.4 Å². The average Bonchev–Trinajstić information content (AvgIpc) is 2.91. The highest BCUT2D eigenvalue weighted by Gasteiger charge is 2.21. The van der Waals surface area contributed by atoms with E-state index < -0.39 is 5.60 Å². The van der Waals surface area contributed by atoms with Gasteiger partial charge in [-0.15, -0.1) is 0 Å². The maximum Gasteiger partial charge on any atom is 0.0603 e. The smallest absolute Gasteiger partial charge is 0.0603 e. The first kappa shape index (κ1) is 12.9. The Hall–Kier alpha value is -0.120. The maximum atomic E-state index is 9.56. The first-order valence-corrected chi connectivity index (χ1v) is 5.96. The van der Waals surface area contributed by atoms with Crippen LogP contribution in [0.5, 0.6) is 0 Å². The second-order valence-corrected chi connectivity index (χ2v) is 5.38. The van der Waals surface area contributed by atoms with E-state index in [0.717, 1.165) is 38.6 Å². The molecular weight excluding hydrogens is 190 g/mol. The summed E-state index contributed by atoms with van der Waals surface area (Å²) in [5.41, 5.74) is -0.552. The highest BCUT2D eigenvalue weighted by Crippen LogP contribution is 2.28. The summed E-state index contributed by atoms with van der Waals surface area (Å²) in [6.45, 7) is 7.35. The predicted molar refractivity (Wildman–Crippen MR) is 62.0 cm³/mol. The van der Waals surface area contributed by atoms with Gasteiger partial charge >= 0.3 is 0 Å². The summed E-state index contributed by atoms with van der Waals surface area (Å²) in [7, 11) is 2.08. The summed E-state index contributed by atoms with van der Waals surface area (Å²) in [5, 5.41) is 9.56. The van der Waals surface area contributed by atoms with Crippen molar-refractivity contribution in [2.45, 2.75) is 38.7 Å². The molecule has 0 amide bonds. The van der Waals surface area contributed by atoms with E-state index in [1.165, 1.54) is 12.8 Å². The first-order chi connectivity index (χ1) is 6.97. The van der Waals surface area contributed by atoms with Gasteiger partial charge in [0.1, 0.15) is 0 Å². The van der Waals surface area contributed by atoms with E-state index in [4.69, 9.17) is 4.74 Å². The van der Waals surface area contributed by atoms with Gasteiger partial charge in [-0.3, -0.25) is 0 Å². The second-order valence-electron chi connectivity index (χ2n) is 5.38. The van der Waals surface area contributed by atoms with Gasteiger partial charge in [-0.25, -0.2) is 0 Å². The van der Waals surface area contributed by atoms with E-state index in [-0.39, 0.29) is 0 Å². The number of rotatable bonds is 8. The van der Waals surface area contributed by atoms with Crippen LogP contribution in [0, 0.1) is 5.92 Å². The molecule has 1 aliphatic rings. The average molecular weight is 215 g/mol. The lowest BCUT2D eigenvalue weighted by Gasteiger charge is -2.22. The van der Waals surface area contributed by atoms with Crippen LogP contribution in [-0.2, 0) is 4.74 Å². The van der Waals surface area contributed by atoms with Crippen LogP contribution in [0.2, 0.25) is 0 Å². The van der Waals surface area contributed by atoms with Crippen molar-refractivity contribution >= 4 is 0 Å². The Bertz CT molecular complexity index is 173. The van der Waals surface area contributed by atoms with Crippen molar-refractivity contribution in [1.82, 2.24) is 4.90 Å². The first-order valence-electron chi connectivity index (χ1n) is 5.96. The van der Waals surface area contributed by atoms with Crippen LogP contribution < -0.4 is 0 Å². The molecule has 0 aliphatic heterocycles. The largest absolute Gasteiger partial charge is 0.390 e. The fraction of sp³-hybridized carbons (Fsp3) is 1.00. The number of nitrogens with zero attached hydrogens (tertiary/aromatic N) is 1. The Kier molecular flexibility index (Phi) is 5.03. The fourth-order valence-corrected chi connectivity index (χ4v) is 1.33. The lowest BCUT2D eigenvalue weighted by molar-refractivity contribution is 0.0533. The fourth-order valence-electron chi connectivity index (χ4n) is 1.33. The molecule has 0 aromatic carbocycles. The minimum atomic E-state index is -0.552. The molecule has 90 valence electrons. The third kappa shape index (κ3) is 7.77. The SMILES string of the molecule is CN(CCOCC1CC1)CCC(C)(C)O. The zero-order chi connectivity index (χ0) is 11.3. The van der Waals surface area contributed by atoms with Gasteiger partial charge in [0.15, 0.2) is 0 Å². The van der Waals surface area contributed by atoms with Crippen LogP contribution in [0.4, 0.5) is 0 Å². The van der Waals surface area contributed by atoms with Crippen LogP contribution >= 0.6 is 0 Å². The van der Waals surface area contributed by atoms with Gasteiger partial charge in [0.05, 0.1) is 12.2 Å². The molecule has 1 rings (SSSR count). The standard InChI is InChI=1S/C12H25NO2/c1-12(2,14)6-7-13(3)8-9-15-10-11-4-5-11/h11,14H,4-10H2,1-3H3. The van der Waals surface area contributed by atoms with Gasteiger partial charge in [-0.05, 0) is 46.1 Å². The van der Waals surface area contributed by atoms with E-state index in [1.807, 2.05) is 13.8 Å². The zero-order valence-corrected chi connectivity index (χ0v) is 10.3. The molecule has 15 heavy (non-hydrogen) atoms. The van der Waals surface area contributed by atoms with Gasteiger partial charge < -0.3 is 14.7 Å². The van der Waals surface area contributed by atoms with E-state index in [2.05, 4.69) is 11.9 Å². The summed E-state index contributed by atoms with van der Waals surface area (Å²) in [5.74, 6) is 0.853. The van der Waals surface area contributed by atoms with Gasteiger partial charge in [0.25, 0.3) is 0 Å². The Labute approximate surface area is 93.4 Å². The maximum absolute atomic E-state index is 9.56. The Morgan fingerprint density at radius 2 is 2.00 bits per heavy atom. The van der Waals surface area contributed by atoms with E-state index in [1.54, 1.807) is 0 Å². The van der Waals surface area contributed by atoms with Crippen molar-refractivity contribution in [3.05, 3.63) is 0 Å². The number of aliphatic hydroxyl groups is 1. The van der Waals surface area contributed by atoms with E-state index >= 15 is 0 Å². The van der Waals surface area contributed by atoms with Crippen LogP contribution in [-0.4, -0.2) is 49.0 Å². The van der Waals surface area contributed by atoms with Gasteiger partial charge in [0, 0.05) is 19.7 Å². The molecule has 3 nitrogen and oxygen atoms in total. The topological polar surface area (TPSA) is 32.7 Å². The van der Waals surface area contributed by atoms with Gasteiger partial charge in [-0.1, -0.05) is 0 Å². The quantitative estimate of drug-likeness (QED) is 0.623. The molecule has 1 fully saturated rings. The summed E-state index contributed by atoms with van der Waals surface area (Å²) in [4.78, 5) is 2.21. The van der Waals surface area contributed by atoms with E-state index in [0.29, 0.717) is 0 Å². The van der Waals surface area contributed by atoms with Crippen molar-refractivity contribution in [2.24, 2.45) is 5.92 Å². The van der Waals surface area contributed by atoms with Gasteiger partial charge in [0.2, 0.25) is 0 Å². The molecule has 3 heteroatoms. The molecule has 0 saturated heterocycles. The minimum Gasteiger partial charge on any atom is -0.390 e. The number of ether oxygens (including phenoxy) is 1. The molecule has 0 bridgehead atoms. The van der Waals surface area contributed by atoms with Crippen LogP contribution in [0.1, 0.15) is 33.1 Å². The lowest BCUT2D eigenvalue weighted by atomic mass is 10.1. The summed E-state index contributed by atoms with van der Waals surface area (Å²) in [6.07, 6.45) is 3.52. The molecule has 0 radical (unpaired) electrons. The summed E-state index contributed by atoms with van der Waals surface area (Å²) < 4.78 is 5.56. The monoisotopic (exact) mass is 215 g/mol. The molecule has 0 atom stereocenters. The lowest BCUT2D eigenvalue weighted by Crippen LogP contribution is -2.30. The minimum absolute atomic E-state index is 0.552. The summed E-state index contributed by atoms with van der Waals surface area (Å²) >= 11 is 0. The highest BCUT2D eigenvalue weighted by atomic mass is 16.5. The highest BCUT2D eigenvalue weighted by molar-refractivity contribution is 4.72. The molecule has 0 unspecified atom stereocenters. The number of likely N-dealkylation sites (N-methyl/N-ethyl adjacent to an activating group) is 1. The molecule has 0 aromatic rings. The molecule has 0 spiro atoms. The molecule has 1 aliphatic carbocycles. The van der Waals surface area contributed by atoms with Crippen molar-refractivity contribution < 1.29 is 9.84 Å². The van der Waals surface area contributed by atoms with E-state index in [9.17, 15) is 5.11 Å². The van der Waals surface area contributed by atoms with Crippen molar-refractivity contribution in [3.63, 3.8) is 0 Å². The van der Waals surface area contributed by atoms with Crippen LogP contribution in [0.25, 0.3) is 0 Å². The Morgan fingerprint density at radius 3 is 2.53 bits per heavy atom. The third-order valence-corrected chi connectivity index (χ3v) is 2.77. The molecule has 1 N–H and O–H groups in total. The third-order valence-electron chi connectivity index (χ3n) is 2.77. The Morgan fingerprint density at radius 1 is 1.33 bits per heavy atom. The zero-order valence-electron chi connectivity index (χ0n) is 10.3. The van der Waals surface area contributed by atoms with Gasteiger partial charge in [-0.2, -0.15) is 0 Å². The second kappa shape index (κ2) is 5.83. The molecule has 0 heterocycles. The number of hydrogen-bond acceptors (Lipinski definition) is 3. The molecule has 1 saturated carbocycles. The van der Waals surface area contributed by atoms with Crippen molar-refractivity contribution in [1.29, 1.82) is 0 Å². The number of hydrogen-bond donors (Lipinski definition) is 1.